The molecule has 0 saturated heterocycles. The molecule has 0 aliphatic carbocycles. The average Bonchev–Trinajstić information content (AvgIpc) is 2.06. The summed E-state index contributed by atoms with van der Waals surface area (Å²) >= 11 is 0. The van der Waals surface area contributed by atoms with Crippen LogP contribution in [0.5, 0.6) is 0 Å². The molecule has 0 saturated carbocycles. The molecule has 0 aromatic heterocycles. The first kappa shape index (κ1) is 16.4. The summed E-state index contributed by atoms with van der Waals surface area (Å²) in [5, 5.41) is 3.61. The number of hydrogen-bond acceptors (Lipinski definition) is 1. The predicted octanol–water partition coefficient (Wildman–Crippen LogP) is 4.23. The molecule has 0 bridgehead atoms. The molecule has 0 rings (SSSR count). The van der Waals surface area contributed by atoms with Gasteiger partial charge in [0, 0.05) is 12.1 Å². The highest BCUT2D eigenvalue weighted by atomic mass is 14.9. The van der Waals surface area contributed by atoms with Crippen molar-refractivity contribution >= 4 is 0 Å². The Morgan fingerprint density at radius 2 is 1.43 bits per heavy atom. The van der Waals surface area contributed by atoms with Gasteiger partial charge in [-0.3, -0.25) is 0 Å². The van der Waals surface area contributed by atoms with Gasteiger partial charge in [-0.15, -0.1) is 0 Å². The quantitative estimate of drug-likeness (QED) is 0.678. The molecule has 2 atom stereocenters. The average molecular weight is 201 g/mol. The van der Waals surface area contributed by atoms with E-state index in [1.54, 1.807) is 0 Å². The van der Waals surface area contributed by atoms with E-state index in [2.05, 4.69) is 39.9 Å². The Morgan fingerprint density at radius 1 is 0.929 bits per heavy atom. The molecule has 0 amide bonds. The van der Waals surface area contributed by atoms with Crippen LogP contribution in [-0.4, -0.2) is 12.1 Å². The van der Waals surface area contributed by atoms with Crippen molar-refractivity contribution in [3.8, 4) is 0 Å². The minimum absolute atomic E-state index is 0.673. The SMILES string of the molecule is CC.CCCC(C)NC(C)CC(C)C. The highest BCUT2D eigenvalue weighted by Crippen LogP contribution is 2.06. The van der Waals surface area contributed by atoms with Crippen molar-refractivity contribution in [3.05, 3.63) is 0 Å². The van der Waals surface area contributed by atoms with Crippen molar-refractivity contribution in [2.45, 2.75) is 79.8 Å². The zero-order valence-electron chi connectivity index (χ0n) is 11.4. The van der Waals surface area contributed by atoms with Crippen LogP contribution in [0.15, 0.2) is 0 Å². The summed E-state index contributed by atoms with van der Waals surface area (Å²) in [6.07, 6.45) is 3.86. The van der Waals surface area contributed by atoms with E-state index in [4.69, 9.17) is 0 Å². The van der Waals surface area contributed by atoms with Crippen LogP contribution in [0, 0.1) is 5.92 Å². The largest absolute Gasteiger partial charge is 0.312 e. The summed E-state index contributed by atoms with van der Waals surface area (Å²) < 4.78 is 0. The maximum absolute atomic E-state index is 3.61. The topological polar surface area (TPSA) is 12.0 Å². The first-order valence-corrected chi connectivity index (χ1v) is 6.32. The Hall–Kier alpha value is -0.0400. The molecule has 0 aromatic rings. The van der Waals surface area contributed by atoms with E-state index in [0.29, 0.717) is 12.1 Å². The molecule has 88 valence electrons. The van der Waals surface area contributed by atoms with Crippen LogP contribution in [0.25, 0.3) is 0 Å². The minimum atomic E-state index is 0.673. The molecule has 1 N–H and O–H groups in total. The maximum atomic E-state index is 3.61. The molecule has 0 radical (unpaired) electrons. The number of rotatable bonds is 6. The summed E-state index contributed by atoms with van der Waals surface area (Å²) in [5.41, 5.74) is 0. The fourth-order valence-corrected chi connectivity index (χ4v) is 1.78. The molecular formula is C13H31N. The number of nitrogens with one attached hydrogen (secondary N) is 1. The third-order valence-corrected chi connectivity index (χ3v) is 2.12. The highest BCUT2D eigenvalue weighted by molar-refractivity contribution is 4.68. The summed E-state index contributed by atoms with van der Waals surface area (Å²) in [6, 6.07) is 1.36. The van der Waals surface area contributed by atoms with E-state index in [0.717, 1.165) is 5.92 Å². The summed E-state index contributed by atoms with van der Waals surface area (Å²) in [6.45, 7) is 15.4. The van der Waals surface area contributed by atoms with Crippen LogP contribution in [0.1, 0.15) is 67.7 Å². The standard InChI is InChI=1S/C11H25N.C2H6/c1-6-7-10(4)12-11(5)8-9(2)3;1-2/h9-12H,6-8H2,1-5H3;1-2H3. The second-order valence-electron chi connectivity index (χ2n) is 4.39. The van der Waals surface area contributed by atoms with Gasteiger partial charge in [-0.05, 0) is 32.6 Å². The summed E-state index contributed by atoms with van der Waals surface area (Å²) in [5.74, 6) is 0.807. The van der Waals surface area contributed by atoms with Gasteiger partial charge in [0.25, 0.3) is 0 Å². The van der Waals surface area contributed by atoms with Crippen molar-refractivity contribution in [1.82, 2.24) is 5.32 Å². The maximum Gasteiger partial charge on any atom is 0.00436 e. The summed E-state index contributed by atoms with van der Waals surface area (Å²) in [4.78, 5) is 0. The van der Waals surface area contributed by atoms with Crippen molar-refractivity contribution in [2.24, 2.45) is 5.92 Å². The van der Waals surface area contributed by atoms with Gasteiger partial charge in [0.1, 0.15) is 0 Å². The molecule has 0 spiro atoms. The molecule has 0 aliphatic heterocycles. The molecule has 14 heavy (non-hydrogen) atoms. The van der Waals surface area contributed by atoms with Gasteiger partial charge < -0.3 is 5.32 Å². The molecule has 1 heteroatoms. The van der Waals surface area contributed by atoms with Gasteiger partial charge in [0.15, 0.2) is 0 Å². The third-order valence-electron chi connectivity index (χ3n) is 2.12. The zero-order chi connectivity index (χ0) is 11.6. The molecule has 0 heterocycles. The van der Waals surface area contributed by atoms with E-state index in [-0.39, 0.29) is 0 Å². The Bertz CT molecular complexity index is 99.4. The monoisotopic (exact) mass is 201 g/mol. The molecule has 0 aliphatic rings. The lowest BCUT2D eigenvalue weighted by Crippen LogP contribution is -2.35. The van der Waals surface area contributed by atoms with Gasteiger partial charge in [-0.25, -0.2) is 0 Å². The van der Waals surface area contributed by atoms with Crippen molar-refractivity contribution in [3.63, 3.8) is 0 Å². The molecule has 0 fully saturated rings. The van der Waals surface area contributed by atoms with Gasteiger partial charge in [-0.2, -0.15) is 0 Å². The van der Waals surface area contributed by atoms with E-state index in [1.807, 2.05) is 13.8 Å². The van der Waals surface area contributed by atoms with Crippen LogP contribution >= 0.6 is 0 Å². The van der Waals surface area contributed by atoms with Gasteiger partial charge in [-0.1, -0.05) is 41.0 Å². The van der Waals surface area contributed by atoms with Crippen LogP contribution in [0.4, 0.5) is 0 Å². The summed E-state index contributed by atoms with van der Waals surface area (Å²) in [7, 11) is 0. The van der Waals surface area contributed by atoms with E-state index in [9.17, 15) is 0 Å². The third kappa shape index (κ3) is 12.0. The van der Waals surface area contributed by atoms with E-state index >= 15 is 0 Å². The normalized spacial score (nSPS) is 14.6. The van der Waals surface area contributed by atoms with Gasteiger partial charge >= 0.3 is 0 Å². The molecule has 0 aromatic carbocycles. The van der Waals surface area contributed by atoms with Gasteiger partial charge in [0.05, 0.1) is 0 Å². The van der Waals surface area contributed by atoms with Crippen LogP contribution in [0.2, 0.25) is 0 Å². The Labute approximate surface area is 91.7 Å². The Kier molecular flexibility index (Phi) is 12.9. The molecule has 2 unspecified atom stereocenters. The lowest BCUT2D eigenvalue weighted by molar-refractivity contribution is 0.388. The smallest absolute Gasteiger partial charge is 0.00436 e. The van der Waals surface area contributed by atoms with Crippen LogP contribution < -0.4 is 5.32 Å². The zero-order valence-corrected chi connectivity index (χ0v) is 11.4. The lowest BCUT2D eigenvalue weighted by Gasteiger charge is -2.20. The van der Waals surface area contributed by atoms with Crippen molar-refractivity contribution < 1.29 is 0 Å². The highest BCUT2D eigenvalue weighted by Gasteiger charge is 2.07. The van der Waals surface area contributed by atoms with Crippen molar-refractivity contribution in [1.29, 1.82) is 0 Å². The minimum Gasteiger partial charge on any atom is -0.312 e. The Morgan fingerprint density at radius 3 is 1.79 bits per heavy atom. The van der Waals surface area contributed by atoms with Crippen LogP contribution in [0.3, 0.4) is 0 Å². The molecule has 1 nitrogen and oxygen atoms in total. The predicted molar refractivity (Wildman–Crippen MR) is 67.8 cm³/mol. The number of hydrogen-bond donors (Lipinski definition) is 1. The van der Waals surface area contributed by atoms with E-state index in [1.165, 1.54) is 19.3 Å². The molecular weight excluding hydrogens is 170 g/mol. The first-order chi connectivity index (χ1) is 6.56. The van der Waals surface area contributed by atoms with Crippen LogP contribution in [-0.2, 0) is 0 Å². The van der Waals surface area contributed by atoms with E-state index < -0.39 is 0 Å². The first-order valence-electron chi connectivity index (χ1n) is 6.32. The Balaban J connectivity index is 0. The second-order valence-corrected chi connectivity index (χ2v) is 4.39. The fourth-order valence-electron chi connectivity index (χ4n) is 1.78. The lowest BCUT2D eigenvalue weighted by atomic mass is 10.0. The fraction of sp³-hybridized carbons (Fsp3) is 1.00. The second kappa shape index (κ2) is 11.0. The van der Waals surface area contributed by atoms with Crippen molar-refractivity contribution in [2.75, 3.05) is 0 Å². The van der Waals surface area contributed by atoms with Gasteiger partial charge in [0.2, 0.25) is 0 Å².